The standard InChI is InChI=1S/C22H26N4O2/c1-26(2)13-12-23-22-17-14-19(27-3)20(28-4)15-18(17)24-21(25-22)11-10-16-8-6-5-7-9-16/h5-11,14-15H,12-13H2,1-4H3,(H,23,24,25)/b11-10+. The zero-order valence-corrected chi connectivity index (χ0v) is 16.8. The molecule has 0 radical (unpaired) electrons. The van der Waals surface area contributed by atoms with Crippen molar-refractivity contribution in [3.63, 3.8) is 0 Å². The van der Waals surface area contributed by atoms with E-state index < -0.39 is 0 Å². The molecule has 2 aromatic carbocycles. The number of rotatable bonds is 8. The summed E-state index contributed by atoms with van der Waals surface area (Å²) in [6.07, 6.45) is 3.92. The number of aromatic nitrogens is 2. The fourth-order valence-corrected chi connectivity index (χ4v) is 2.82. The number of nitrogens with zero attached hydrogens (tertiary/aromatic N) is 3. The van der Waals surface area contributed by atoms with Crippen molar-refractivity contribution in [3.05, 3.63) is 53.9 Å². The monoisotopic (exact) mass is 378 g/mol. The molecule has 3 rings (SSSR count). The maximum atomic E-state index is 5.45. The molecular formula is C22H26N4O2. The minimum Gasteiger partial charge on any atom is -0.493 e. The third kappa shape index (κ3) is 4.78. The number of nitrogens with one attached hydrogen (secondary N) is 1. The van der Waals surface area contributed by atoms with Crippen molar-refractivity contribution in [1.82, 2.24) is 14.9 Å². The highest BCUT2D eigenvalue weighted by atomic mass is 16.5. The Morgan fingerprint density at radius 1 is 0.964 bits per heavy atom. The lowest BCUT2D eigenvalue weighted by molar-refractivity contribution is 0.356. The van der Waals surface area contributed by atoms with Gasteiger partial charge in [-0.25, -0.2) is 9.97 Å². The lowest BCUT2D eigenvalue weighted by Crippen LogP contribution is -2.21. The molecule has 0 fully saturated rings. The van der Waals surface area contributed by atoms with Gasteiger partial charge in [-0.3, -0.25) is 0 Å². The molecule has 0 unspecified atom stereocenters. The Morgan fingerprint density at radius 3 is 2.36 bits per heavy atom. The molecule has 1 N–H and O–H groups in total. The third-order valence-electron chi connectivity index (χ3n) is 4.29. The van der Waals surface area contributed by atoms with E-state index in [-0.39, 0.29) is 0 Å². The van der Waals surface area contributed by atoms with Crippen molar-refractivity contribution in [2.75, 3.05) is 46.7 Å². The average molecular weight is 378 g/mol. The summed E-state index contributed by atoms with van der Waals surface area (Å²) in [5, 5.41) is 4.32. The molecule has 1 aromatic heterocycles. The van der Waals surface area contributed by atoms with Crippen LogP contribution in [-0.4, -0.2) is 56.3 Å². The largest absolute Gasteiger partial charge is 0.493 e. The summed E-state index contributed by atoms with van der Waals surface area (Å²) in [4.78, 5) is 11.5. The Labute approximate surface area is 165 Å². The molecule has 0 spiro atoms. The number of anilines is 1. The second-order valence-corrected chi connectivity index (χ2v) is 6.63. The molecule has 0 aliphatic heterocycles. The highest BCUT2D eigenvalue weighted by molar-refractivity contribution is 5.92. The quantitative estimate of drug-likeness (QED) is 0.644. The van der Waals surface area contributed by atoms with Crippen LogP contribution in [0.15, 0.2) is 42.5 Å². The van der Waals surface area contributed by atoms with E-state index in [1.807, 2.05) is 68.7 Å². The van der Waals surface area contributed by atoms with Crippen molar-refractivity contribution in [3.8, 4) is 11.5 Å². The number of methoxy groups -OCH3 is 2. The molecule has 1 heterocycles. The third-order valence-corrected chi connectivity index (χ3v) is 4.29. The van der Waals surface area contributed by atoms with Crippen LogP contribution in [0.1, 0.15) is 11.4 Å². The molecule has 0 bridgehead atoms. The predicted octanol–water partition coefficient (Wildman–Crippen LogP) is 3.79. The molecular weight excluding hydrogens is 352 g/mol. The van der Waals surface area contributed by atoms with Crippen molar-refractivity contribution >= 4 is 28.9 Å². The Hall–Kier alpha value is -3.12. The molecule has 28 heavy (non-hydrogen) atoms. The van der Waals surface area contributed by atoms with E-state index in [2.05, 4.69) is 10.2 Å². The molecule has 3 aromatic rings. The van der Waals surface area contributed by atoms with Crippen LogP contribution >= 0.6 is 0 Å². The van der Waals surface area contributed by atoms with E-state index in [0.717, 1.165) is 35.4 Å². The number of benzene rings is 2. The van der Waals surface area contributed by atoms with E-state index in [9.17, 15) is 0 Å². The fourth-order valence-electron chi connectivity index (χ4n) is 2.82. The lowest BCUT2D eigenvalue weighted by Gasteiger charge is -2.14. The van der Waals surface area contributed by atoms with E-state index >= 15 is 0 Å². The van der Waals surface area contributed by atoms with Crippen molar-refractivity contribution in [1.29, 1.82) is 0 Å². The van der Waals surface area contributed by atoms with Gasteiger partial charge in [-0.2, -0.15) is 0 Å². The molecule has 0 atom stereocenters. The second-order valence-electron chi connectivity index (χ2n) is 6.63. The minimum atomic E-state index is 0.635. The van der Waals surface area contributed by atoms with Gasteiger partial charge in [0.05, 0.1) is 19.7 Å². The van der Waals surface area contributed by atoms with Gasteiger partial charge in [0.2, 0.25) is 0 Å². The van der Waals surface area contributed by atoms with Gasteiger partial charge in [0.25, 0.3) is 0 Å². The highest BCUT2D eigenvalue weighted by Gasteiger charge is 2.12. The SMILES string of the molecule is COc1cc2nc(/C=C/c3ccccc3)nc(NCCN(C)C)c2cc1OC. The zero-order valence-electron chi connectivity index (χ0n) is 16.8. The Morgan fingerprint density at radius 2 is 1.68 bits per heavy atom. The Balaban J connectivity index is 2.02. The van der Waals surface area contributed by atoms with Gasteiger partial charge in [-0.1, -0.05) is 36.4 Å². The van der Waals surface area contributed by atoms with Gasteiger partial charge < -0.3 is 19.7 Å². The molecule has 0 amide bonds. The van der Waals surface area contributed by atoms with Gasteiger partial charge in [-0.05, 0) is 31.8 Å². The Bertz CT molecular complexity index is 956. The van der Waals surface area contributed by atoms with Gasteiger partial charge >= 0.3 is 0 Å². The van der Waals surface area contributed by atoms with Crippen LogP contribution in [0.25, 0.3) is 23.1 Å². The van der Waals surface area contributed by atoms with E-state index in [1.54, 1.807) is 14.2 Å². The molecule has 0 saturated heterocycles. The Kier molecular flexibility index (Phi) is 6.45. The smallest absolute Gasteiger partial charge is 0.162 e. The van der Waals surface area contributed by atoms with E-state index in [4.69, 9.17) is 19.4 Å². The minimum absolute atomic E-state index is 0.635. The molecule has 0 saturated carbocycles. The number of fused-ring (bicyclic) bond motifs is 1. The van der Waals surface area contributed by atoms with Crippen molar-refractivity contribution in [2.45, 2.75) is 0 Å². The van der Waals surface area contributed by atoms with Gasteiger partial charge in [0.15, 0.2) is 17.3 Å². The number of hydrogen-bond donors (Lipinski definition) is 1. The summed E-state index contributed by atoms with van der Waals surface area (Å²) < 4.78 is 10.9. The van der Waals surface area contributed by atoms with Gasteiger partial charge in [-0.15, -0.1) is 0 Å². The van der Waals surface area contributed by atoms with Crippen LogP contribution in [-0.2, 0) is 0 Å². The summed E-state index contributed by atoms with van der Waals surface area (Å²) in [6, 6.07) is 13.9. The first-order valence-electron chi connectivity index (χ1n) is 9.16. The highest BCUT2D eigenvalue weighted by Crippen LogP contribution is 2.34. The van der Waals surface area contributed by atoms with Crippen LogP contribution in [0.3, 0.4) is 0 Å². The van der Waals surface area contributed by atoms with Gasteiger partial charge in [0.1, 0.15) is 5.82 Å². The maximum Gasteiger partial charge on any atom is 0.162 e. The van der Waals surface area contributed by atoms with E-state index in [1.165, 1.54) is 0 Å². The average Bonchev–Trinajstić information content (AvgIpc) is 2.71. The van der Waals surface area contributed by atoms with Crippen LogP contribution in [0.4, 0.5) is 5.82 Å². The van der Waals surface area contributed by atoms with Gasteiger partial charge in [0, 0.05) is 24.5 Å². The summed E-state index contributed by atoms with van der Waals surface area (Å²) in [5.41, 5.74) is 1.90. The van der Waals surface area contributed by atoms with Crippen molar-refractivity contribution in [2.24, 2.45) is 0 Å². The van der Waals surface area contributed by atoms with Crippen LogP contribution in [0.2, 0.25) is 0 Å². The second kappa shape index (κ2) is 9.19. The number of ether oxygens (including phenoxy) is 2. The number of hydrogen-bond acceptors (Lipinski definition) is 6. The lowest BCUT2D eigenvalue weighted by atomic mass is 10.2. The number of likely N-dealkylation sites (N-methyl/N-ethyl adjacent to an activating group) is 1. The molecule has 6 heteroatoms. The summed E-state index contributed by atoms with van der Waals surface area (Å²) in [7, 11) is 7.33. The normalized spacial score (nSPS) is 11.3. The van der Waals surface area contributed by atoms with Crippen LogP contribution in [0, 0.1) is 0 Å². The zero-order chi connectivity index (χ0) is 19.9. The molecule has 0 aliphatic rings. The molecule has 146 valence electrons. The predicted molar refractivity (Wildman–Crippen MR) is 115 cm³/mol. The topological polar surface area (TPSA) is 59.5 Å². The molecule has 6 nitrogen and oxygen atoms in total. The van der Waals surface area contributed by atoms with Crippen molar-refractivity contribution < 1.29 is 9.47 Å². The first-order valence-corrected chi connectivity index (χ1v) is 9.16. The first kappa shape index (κ1) is 19.6. The first-order chi connectivity index (χ1) is 13.6. The summed E-state index contributed by atoms with van der Waals surface area (Å²) >= 11 is 0. The van der Waals surface area contributed by atoms with Crippen LogP contribution < -0.4 is 14.8 Å². The fraction of sp³-hybridized carbons (Fsp3) is 0.273. The van der Waals surface area contributed by atoms with Crippen LogP contribution in [0.5, 0.6) is 11.5 Å². The van der Waals surface area contributed by atoms with E-state index in [0.29, 0.717) is 17.3 Å². The maximum absolute atomic E-state index is 5.45. The molecule has 0 aliphatic carbocycles. The summed E-state index contributed by atoms with van der Waals surface area (Å²) in [6.45, 7) is 1.67. The summed E-state index contributed by atoms with van der Waals surface area (Å²) in [5.74, 6) is 2.71.